The standard InChI is InChI=1S/C14H19FN2/c1-17(13-9-5-8-12(15)10-13)14(16)11-6-3-2-4-7-11/h5,8-11,16H,2-4,6-7H2,1H3. The van der Waals surface area contributed by atoms with E-state index in [1.54, 1.807) is 11.0 Å². The van der Waals surface area contributed by atoms with Gasteiger partial charge in [0.25, 0.3) is 0 Å². The molecule has 0 aromatic heterocycles. The SMILES string of the molecule is CN(C(=N)C1CCCCC1)c1cccc(F)c1. The maximum Gasteiger partial charge on any atom is 0.125 e. The van der Waals surface area contributed by atoms with Crippen LogP contribution in [0.1, 0.15) is 32.1 Å². The highest BCUT2D eigenvalue weighted by atomic mass is 19.1. The molecule has 2 nitrogen and oxygen atoms in total. The van der Waals surface area contributed by atoms with Gasteiger partial charge in [0, 0.05) is 18.7 Å². The van der Waals surface area contributed by atoms with Crippen LogP contribution in [0.25, 0.3) is 0 Å². The van der Waals surface area contributed by atoms with E-state index in [1.165, 1.54) is 31.4 Å². The Morgan fingerprint density at radius 2 is 2.00 bits per heavy atom. The van der Waals surface area contributed by atoms with Crippen LogP contribution in [0.4, 0.5) is 10.1 Å². The minimum atomic E-state index is -0.245. The lowest BCUT2D eigenvalue weighted by Crippen LogP contribution is -2.33. The normalized spacial score (nSPS) is 16.8. The maximum atomic E-state index is 13.1. The molecular weight excluding hydrogens is 215 g/mol. The molecule has 2 rings (SSSR count). The Balaban J connectivity index is 2.08. The third kappa shape index (κ3) is 2.84. The van der Waals surface area contributed by atoms with E-state index in [2.05, 4.69) is 0 Å². The molecule has 1 fully saturated rings. The molecule has 1 aromatic rings. The van der Waals surface area contributed by atoms with Crippen LogP contribution >= 0.6 is 0 Å². The molecule has 0 radical (unpaired) electrons. The van der Waals surface area contributed by atoms with Crippen molar-refractivity contribution in [2.24, 2.45) is 5.92 Å². The van der Waals surface area contributed by atoms with Crippen molar-refractivity contribution in [2.45, 2.75) is 32.1 Å². The minimum absolute atomic E-state index is 0.245. The van der Waals surface area contributed by atoms with Crippen molar-refractivity contribution in [1.29, 1.82) is 5.41 Å². The molecule has 92 valence electrons. The quantitative estimate of drug-likeness (QED) is 0.611. The van der Waals surface area contributed by atoms with E-state index in [-0.39, 0.29) is 5.82 Å². The van der Waals surface area contributed by atoms with Crippen LogP contribution in [-0.4, -0.2) is 12.9 Å². The largest absolute Gasteiger partial charge is 0.333 e. The minimum Gasteiger partial charge on any atom is -0.333 e. The summed E-state index contributed by atoms with van der Waals surface area (Å²) in [7, 11) is 1.85. The van der Waals surface area contributed by atoms with Gasteiger partial charge in [0.1, 0.15) is 11.7 Å². The summed E-state index contributed by atoms with van der Waals surface area (Å²) in [4.78, 5) is 1.80. The van der Waals surface area contributed by atoms with E-state index in [1.807, 2.05) is 13.1 Å². The molecule has 0 aliphatic heterocycles. The molecule has 0 bridgehead atoms. The molecule has 1 N–H and O–H groups in total. The van der Waals surface area contributed by atoms with Crippen molar-refractivity contribution >= 4 is 11.5 Å². The fourth-order valence-corrected chi connectivity index (χ4v) is 2.47. The lowest BCUT2D eigenvalue weighted by atomic mass is 9.88. The van der Waals surface area contributed by atoms with Gasteiger partial charge < -0.3 is 4.90 Å². The first-order valence-electron chi connectivity index (χ1n) is 6.26. The van der Waals surface area contributed by atoms with Gasteiger partial charge in [-0.15, -0.1) is 0 Å². The number of nitrogens with zero attached hydrogens (tertiary/aromatic N) is 1. The van der Waals surface area contributed by atoms with Gasteiger partial charge in [-0.3, -0.25) is 5.41 Å². The summed E-state index contributed by atoms with van der Waals surface area (Å²) in [5, 5.41) is 8.20. The number of benzene rings is 1. The number of hydrogen-bond acceptors (Lipinski definition) is 1. The Labute approximate surface area is 102 Å². The summed E-state index contributed by atoms with van der Waals surface area (Å²) in [6.07, 6.45) is 5.90. The molecular formula is C14H19FN2. The Hall–Kier alpha value is -1.38. The fraction of sp³-hybridized carbons (Fsp3) is 0.500. The zero-order chi connectivity index (χ0) is 12.3. The molecule has 1 aliphatic rings. The van der Waals surface area contributed by atoms with Gasteiger partial charge in [0.05, 0.1) is 0 Å². The highest BCUT2D eigenvalue weighted by Crippen LogP contribution is 2.27. The second kappa shape index (κ2) is 5.30. The molecule has 0 heterocycles. The van der Waals surface area contributed by atoms with Gasteiger partial charge in [-0.05, 0) is 31.0 Å². The van der Waals surface area contributed by atoms with Gasteiger partial charge in [-0.1, -0.05) is 25.3 Å². The lowest BCUT2D eigenvalue weighted by Gasteiger charge is -2.29. The molecule has 0 saturated heterocycles. The predicted molar refractivity (Wildman–Crippen MR) is 69.1 cm³/mol. The Kier molecular flexibility index (Phi) is 3.77. The predicted octanol–water partition coefficient (Wildman–Crippen LogP) is 3.82. The summed E-state index contributed by atoms with van der Waals surface area (Å²) in [5.41, 5.74) is 0.764. The molecule has 1 saturated carbocycles. The van der Waals surface area contributed by atoms with Crippen molar-refractivity contribution in [2.75, 3.05) is 11.9 Å². The van der Waals surface area contributed by atoms with Crippen LogP contribution in [0.15, 0.2) is 24.3 Å². The Morgan fingerprint density at radius 1 is 1.29 bits per heavy atom. The van der Waals surface area contributed by atoms with Crippen molar-refractivity contribution in [1.82, 2.24) is 0 Å². The molecule has 0 amide bonds. The monoisotopic (exact) mass is 234 g/mol. The third-order valence-corrected chi connectivity index (χ3v) is 3.55. The number of anilines is 1. The highest BCUT2D eigenvalue weighted by molar-refractivity contribution is 5.96. The summed E-state index contributed by atoms with van der Waals surface area (Å²) < 4.78 is 13.1. The molecule has 0 atom stereocenters. The van der Waals surface area contributed by atoms with Gasteiger partial charge in [0.2, 0.25) is 0 Å². The van der Waals surface area contributed by atoms with E-state index in [4.69, 9.17) is 5.41 Å². The lowest BCUT2D eigenvalue weighted by molar-refractivity contribution is 0.435. The maximum absolute atomic E-state index is 13.1. The summed E-state index contributed by atoms with van der Waals surface area (Å²) in [6, 6.07) is 6.45. The van der Waals surface area contributed by atoms with E-state index >= 15 is 0 Å². The first-order valence-corrected chi connectivity index (χ1v) is 6.26. The molecule has 3 heteroatoms. The number of amidine groups is 1. The second-order valence-corrected chi connectivity index (χ2v) is 4.76. The first-order chi connectivity index (χ1) is 8.18. The number of hydrogen-bond donors (Lipinski definition) is 1. The molecule has 17 heavy (non-hydrogen) atoms. The van der Waals surface area contributed by atoms with Gasteiger partial charge in [0.15, 0.2) is 0 Å². The smallest absolute Gasteiger partial charge is 0.125 e. The van der Waals surface area contributed by atoms with E-state index in [0.29, 0.717) is 11.8 Å². The van der Waals surface area contributed by atoms with Gasteiger partial charge >= 0.3 is 0 Å². The van der Waals surface area contributed by atoms with Crippen LogP contribution in [-0.2, 0) is 0 Å². The zero-order valence-corrected chi connectivity index (χ0v) is 10.2. The summed E-state index contributed by atoms with van der Waals surface area (Å²) >= 11 is 0. The van der Waals surface area contributed by atoms with Crippen molar-refractivity contribution < 1.29 is 4.39 Å². The Morgan fingerprint density at radius 3 is 2.65 bits per heavy atom. The highest BCUT2D eigenvalue weighted by Gasteiger charge is 2.21. The summed E-state index contributed by atoms with van der Waals surface area (Å²) in [6.45, 7) is 0. The number of nitrogens with one attached hydrogen (secondary N) is 1. The molecule has 0 unspecified atom stereocenters. The van der Waals surface area contributed by atoms with Crippen LogP contribution < -0.4 is 4.90 Å². The van der Waals surface area contributed by atoms with E-state index in [0.717, 1.165) is 18.5 Å². The van der Waals surface area contributed by atoms with Crippen LogP contribution in [0.3, 0.4) is 0 Å². The Bertz CT molecular complexity index is 397. The van der Waals surface area contributed by atoms with Crippen molar-refractivity contribution in [3.8, 4) is 0 Å². The zero-order valence-electron chi connectivity index (χ0n) is 10.2. The van der Waals surface area contributed by atoms with Crippen molar-refractivity contribution in [3.05, 3.63) is 30.1 Å². The van der Waals surface area contributed by atoms with E-state index in [9.17, 15) is 4.39 Å². The van der Waals surface area contributed by atoms with Crippen LogP contribution in [0.5, 0.6) is 0 Å². The van der Waals surface area contributed by atoms with Crippen LogP contribution in [0.2, 0.25) is 0 Å². The van der Waals surface area contributed by atoms with E-state index < -0.39 is 0 Å². The van der Waals surface area contributed by atoms with Crippen molar-refractivity contribution in [3.63, 3.8) is 0 Å². The number of rotatable bonds is 2. The molecule has 0 spiro atoms. The average Bonchev–Trinajstić information content (AvgIpc) is 2.38. The third-order valence-electron chi connectivity index (χ3n) is 3.55. The number of halogens is 1. The molecule has 1 aromatic carbocycles. The fourth-order valence-electron chi connectivity index (χ4n) is 2.47. The van der Waals surface area contributed by atoms with Gasteiger partial charge in [-0.2, -0.15) is 0 Å². The topological polar surface area (TPSA) is 27.1 Å². The second-order valence-electron chi connectivity index (χ2n) is 4.76. The van der Waals surface area contributed by atoms with Gasteiger partial charge in [-0.25, -0.2) is 4.39 Å². The van der Waals surface area contributed by atoms with Crippen LogP contribution in [0, 0.1) is 17.1 Å². The molecule has 1 aliphatic carbocycles. The average molecular weight is 234 g/mol. The summed E-state index contributed by atoms with van der Waals surface area (Å²) in [5.74, 6) is 0.720. The first kappa shape index (κ1) is 12.1.